The number of benzene rings is 1. The molecule has 0 fully saturated rings. The van der Waals surface area contributed by atoms with Crippen molar-refractivity contribution in [1.29, 1.82) is 5.41 Å². The van der Waals surface area contributed by atoms with Gasteiger partial charge in [0, 0.05) is 23.6 Å². The van der Waals surface area contributed by atoms with Crippen LogP contribution in [0, 0.1) is 17.0 Å². The molecule has 1 heterocycles. The van der Waals surface area contributed by atoms with Crippen LogP contribution in [0.3, 0.4) is 0 Å². The zero-order valence-electron chi connectivity index (χ0n) is 11.6. The average molecular weight is 333 g/mol. The monoisotopic (exact) mass is 333 g/mol. The molecule has 0 saturated carbocycles. The Labute approximate surface area is 127 Å². The first kappa shape index (κ1) is 16.9. The molecule has 1 aromatic rings. The lowest BCUT2D eigenvalue weighted by Crippen LogP contribution is -2.51. The molecule has 1 atom stereocenters. The third-order valence-corrected chi connectivity index (χ3v) is 3.52. The summed E-state index contributed by atoms with van der Waals surface area (Å²) in [7, 11) is 0. The molecule has 1 amide bonds. The van der Waals surface area contributed by atoms with Gasteiger partial charge in [0.15, 0.2) is 11.6 Å². The highest BCUT2D eigenvalue weighted by Crippen LogP contribution is 2.31. The van der Waals surface area contributed by atoms with Crippen LogP contribution >= 0.6 is 0 Å². The largest absolute Gasteiger partial charge is 0.406 e. The summed E-state index contributed by atoms with van der Waals surface area (Å²) in [6.45, 7) is -1.58. The fraction of sp³-hybridized carbons (Fsp3) is 0.286. The maximum atomic E-state index is 13.3. The van der Waals surface area contributed by atoms with Crippen molar-refractivity contribution in [2.24, 2.45) is 5.73 Å². The molecule has 0 saturated heterocycles. The van der Waals surface area contributed by atoms with E-state index in [4.69, 9.17) is 11.1 Å². The van der Waals surface area contributed by atoms with Gasteiger partial charge in [0.1, 0.15) is 6.54 Å². The van der Waals surface area contributed by atoms with Crippen molar-refractivity contribution in [3.63, 3.8) is 0 Å². The molecule has 0 radical (unpaired) electrons. The third-order valence-electron chi connectivity index (χ3n) is 3.52. The molecule has 23 heavy (non-hydrogen) atoms. The number of amides is 1. The number of hydrogen-bond acceptors (Lipinski definition) is 3. The minimum absolute atomic E-state index is 0.0296. The second-order valence-electron chi connectivity index (χ2n) is 5.00. The predicted molar refractivity (Wildman–Crippen MR) is 72.0 cm³/mol. The minimum atomic E-state index is -4.69. The van der Waals surface area contributed by atoms with E-state index in [0.29, 0.717) is 11.0 Å². The summed E-state index contributed by atoms with van der Waals surface area (Å²) in [6, 6.07) is 0.186. The molecule has 0 bridgehead atoms. The predicted octanol–water partition coefficient (Wildman–Crippen LogP) is 2.39. The van der Waals surface area contributed by atoms with Crippen LogP contribution in [0.5, 0.6) is 0 Å². The summed E-state index contributed by atoms with van der Waals surface area (Å²) >= 11 is 0. The van der Waals surface area contributed by atoms with Gasteiger partial charge in [-0.25, -0.2) is 8.78 Å². The minimum Gasteiger partial charge on any atom is -0.404 e. The summed E-state index contributed by atoms with van der Waals surface area (Å²) < 4.78 is 64.9. The van der Waals surface area contributed by atoms with E-state index in [1.165, 1.54) is 0 Å². The number of hydrogen-bond donors (Lipinski definition) is 2. The van der Waals surface area contributed by atoms with Crippen molar-refractivity contribution in [1.82, 2.24) is 4.90 Å². The van der Waals surface area contributed by atoms with Crippen LogP contribution in [0.25, 0.3) is 0 Å². The molecule has 4 nitrogen and oxygen atoms in total. The van der Waals surface area contributed by atoms with Crippen molar-refractivity contribution in [3.05, 3.63) is 46.7 Å². The van der Waals surface area contributed by atoms with E-state index in [2.05, 4.69) is 0 Å². The summed E-state index contributed by atoms with van der Waals surface area (Å²) in [6.07, 6.45) is -3.25. The number of fused-ring (bicyclic) bond motifs is 1. The number of carbonyl (C=O) groups excluding carboxylic acids is 1. The Kier molecular flexibility index (Phi) is 4.39. The van der Waals surface area contributed by atoms with E-state index in [-0.39, 0.29) is 23.1 Å². The van der Waals surface area contributed by atoms with Crippen LogP contribution in [-0.2, 0) is 6.42 Å². The summed E-state index contributed by atoms with van der Waals surface area (Å²) in [5, 5.41) is 7.22. The third kappa shape index (κ3) is 3.33. The van der Waals surface area contributed by atoms with Crippen molar-refractivity contribution >= 4 is 12.1 Å². The molecule has 1 aliphatic heterocycles. The average Bonchev–Trinajstić information content (AvgIpc) is 2.45. The number of carbonyl (C=O) groups is 1. The van der Waals surface area contributed by atoms with Gasteiger partial charge in [-0.1, -0.05) is 0 Å². The molecule has 0 spiro atoms. The second kappa shape index (κ2) is 5.98. The fourth-order valence-electron chi connectivity index (χ4n) is 2.50. The standard InChI is InChI=1S/C14H12F5N3O/c15-10-1-7-2-12(8(4-20)5-21)22(6-14(17,18)19)13(23)9(7)3-11(10)16/h1,3-5,12,20H,2,6,21H2/b8-5+,20-4?/t12-/m0/s1. The van der Waals surface area contributed by atoms with E-state index in [9.17, 15) is 26.7 Å². The Morgan fingerprint density at radius 2 is 1.96 bits per heavy atom. The molecule has 3 N–H and O–H groups in total. The van der Waals surface area contributed by atoms with Crippen LogP contribution in [0.4, 0.5) is 22.0 Å². The Bertz CT molecular complexity index is 684. The van der Waals surface area contributed by atoms with E-state index in [1.54, 1.807) is 0 Å². The Morgan fingerprint density at radius 3 is 2.48 bits per heavy atom. The maximum absolute atomic E-state index is 13.3. The molecule has 0 unspecified atom stereocenters. The quantitative estimate of drug-likeness (QED) is 0.659. The van der Waals surface area contributed by atoms with Crippen LogP contribution in [0.15, 0.2) is 23.9 Å². The van der Waals surface area contributed by atoms with Crippen molar-refractivity contribution in [2.75, 3.05) is 6.54 Å². The highest BCUT2D eigenvalue weighted by Gasteiger charge is 2.41. The van der Waals surface area contributed by atoms with E-state index in [0.717, 1.165) is 18.5 Å². The van der Waals surface area contributed by atoms with Crippen LogP contribution in [0.2, 0.25) is 0 Å². The highest BCUT2D eigenvalue weighted by atomic mass is 19.4. The number of rotatable bonds is 3. The molecule has 0 aliphatic carbocycles. The van der Waals surface area contributed by atoms with Crippen LogP contribution in [0.1, 0.15) is 15.9 Å². The molecule has 0 aromatic heterocycles. The van der Waals surface area contributed by atoms with Crippen molar-refractivity contribution in [2.45, 2.75) is 18.6 Å². The summed E-state index contributed by atoms with van der Waals surface area (Å²) in [5.41, 5.74) is 5.00. The van der Waals surface area contributed by atoms with Crippen LogP contribution in [-0.4, -0.2) is 35.8 Å². The molecule has 1 aromatic carbocycles. The first-order chi connectivity index (χ1) is 10.7. The van der Waals surface area contributed by atoms with Crippen molar-refractivity contribution < 1.29 is 26.7 Å². The number of nitrogens with one attached hydrogen (secondary N) is 1. The summed E-state index contributed by atoms with van der Waals surface area (Å²) in [4.78, 5) is 12.8. The van der Waals surface area contributed by atoms with Gasteiger partial charge in [0.2, 0.25) is 0 Å². The lowest BCUT2D eigenvalue weighted by molar-refractivity contribution is -0.143. The van der Waals surface area contributed by atoms with Gasteiger partial charge in [-0.3, -0.25) is 4.79 Å². The molecule has 9 heteroatoms. The van der Waals surface area contributed by atoms with E-state index in [1.807, 2.05) is 0 Å². The Hall–Kier alpha value is -2.45. The fourth-order valence-corrected chi connectivity index (χ4v) is 2.50. The SMILES string of the molecule is N=C/C(=C\N)[C@@H]1Cc2cc(F)c(F)cc2C(=O)N1CC(F)(F)F. The Morgan fingerprint density at radius 1 is 1.35 bits per heavy atom. The maximum Gasteiger partial charge on any atom is 0.406 e. The highest BCUT2D eigenvalue weighted by molar-refractivity contribution is 5.98. The second-order valence-corrected chi connectivity index (χ2v) is 5.00. The van der Waals surface area contributed by atoms with Gasteiger partial charge in [-0.05, 0) is 24.1 Å². The first-order valence-electron chi connectivity index (χ1n) is 6.46. The Balaban J connectivity index is 2.55. The van der Waals surface area contributed by atoms with Gasteiger partial charge in [-0.2, -0.15) is 13.2 Å². The molecular weight excluding hydrogens is 321 g/mol. The zero-order chi connectivity index (χ0) is 17.4. The number of nitrogens with two attached hydrogens (primary N) is 1. The van der Waals surface area contributed by atoms with Gasteiger partial charge in [0.25, 0.3) is 5.91 Å². The summed E-state index contributed by atoms with van der Waals surface area (Å²) in [5.74, 6) is -3.61. The molecule has 1 aliphatic rings. The van der Waals surface area contributed by atoms with Gasteiger partial charge >= 0.3 is 6.18 Å². The first-order valence-corrected chi connectivity index (χ1v) is 6.46. The van der Waals surface area contributed by atoms with E-state index < -0.39 is 36.3 Å². The molecular formula is C14H12F5N3O. The van der Waals surface area contributed by atoms with Gasteiger partial charge in [-0.15, -0.1) is 0 Å². The lowest BCUT2D eigenvalue weighted by Gasteiger charge is -2.37. The molecule has 124 valence electrons. The van der Waals surface area contributed by atoms with Gasteiger partial charge in [0.05, 0.1) is 6.04 Å². The van der Waals surface area contributed by atoms with E-state index >= 15 is 0 Å². The number of halogens is 5. The zero-order valence-corrected chi connectivity index (χ0v) is 11.6. The lowest BCUT2D eigenvalue weighted by atomic mass is 9.89. The van der Waals surface area contributed by atoms with Gasteiger partial charge < -0.3 is 16.0 Å². The number of alkyl halides is 3. The normalized spacial score (nSPS) is 18.8. The van der Waals surface area contributed by atoms with Crippen molar-refractivity contribution in [3.8, 4) is 0 Å². The van der Waals surface area contributed by atoms with Crippen LogP contribution < -0.4 is 5.73 Å². The molecule has 2 rings (SSSR count). The topological polar surface area (TPSA) is 70.2 Å². The number of nitrogens with zero attached hydrogens (tertiary/aromatic N) is 1. The smallest absolute Gasteiger partial charge is 0.404 e.